The molecule has 1 aromatic rings. The molecular formula is C16H22ClF4N3O2. The largest absolute Gasteiger partial charge is 0.490 e. The molecule has 1 amide bonds. The molecule has 0 spiro atoms. The number of benzene rings is 1. The minimum atomic E-state index is -4.48. The summed E-state index contributed by atoms with van der Waals surface area (Å²) in [5.41, 5.74) is -0.122. The van der Waals surface area contributed by atoms with Crippen molar-refractivity contribution in [3.8, 4) is 5.75 Å². The van der Waals surface area contributed by atoms with Gasteiger partial charge in [-0.15, -0.1) is 12.4 Å². The van der Waals surface area contributed by atoms with Gasteiger partial charge in [0.15, 0.2) is 11.6 Å². The summed E-state index contributed by atoms with van der Waals surface area (Å²) in [6.45, 7) is 2.54. The topological polar surface area (TPSA) is 53.6 Å². The van der Waals surface area contributed by atoms with Crippen molar-refractivity contribution >= 4 is 18.3 Å². The Kier molecular flexibility index (Phi) is 8.58. The molecule has 1 fully saturated rings. The average molecular weight is 400 g/mol. The number of rotatable bonds is 6. The van der Waals surface area contributed by atoms with Gasteiger partial charge in [-0.1, -0.05) is 6.07 Å². The SMILES string of the molecule is CCOc1c(F)cccc1C(=O)NCC(N1CCNCC1)C(F)(F)F.Cl. The second-order valence-electron chi connectivity index (χ2n) is 5.60. The van der Waals surface area contributed by atoms with E-state index < -0.39 is 30.5 Å². The molecule has 0 aromatic heterocycles. The van der Waals surface area contributed by atoms with Crippen molar-refractivity contribution in [2.24, 2.45) is 0 Å². The van der Waals surface area contributed by atoms with Crippen molar-refractivity contribution in [3.05, 3.63) is 29.6 Å². The van der Waals surface area contributed by atoms with Crippen LogP contribution in [0.3, 0.4) is 0 Å². The molecule has 1 aromatic carbocycles. The second-order valence-corrected chi connectivity index (χ2v) is 5.60. The van der Waals surface area contributed by atoms with Crippen LogP contribution < -0.4 is 15.4 Å². The van der Waals surface area contributed by atoms with E-state index in [2.05, 4.69) is 10.6 Å². The number of piperazine rings is 1. The van der Waals surface area contributed by atoms with Crippen molar-refractivity contribution in [1.29, 1.82) is 0 Å². The van der Waals surface area contributed by atoms with E-state index >= 15 is 0 Å². The average Bonchev–Trinajstić information content (AvgIpc) is 2.56. The van der Waals surface area contributed by atoms with E-state index in [0.717, 1.165) is 6.07 Å². The molecule has 1 heterocycles. The molecule has 0 aliphatic carbocycles. The number of carbonyl (C=O) groups is 1. The van der Waals surface area contributed by atoms with E-state index in [-0.39, 0.29) is 43.4 Å². The van der Waals surface area contributed by atoms with E-state index in [0.29, 0.717) is 13.1 Å². The molecule has 0 saturated carbocycles. The second kappa shape index (κ2) is 9.94. The van der Waals surface area contributed by atoms with E-state index in [1.54, 1.807) is 6.92 Å². The number of ether oxygens (including phenoxy) is 1. The van der Waals surface area contributed by atoms with Crippen molar-refractivity contribution < 1.29 is 27.1 Å². The summed E-state index contributed by atoms with van der Waals surface area (Å²) in [6, 6.07) is 1.96. The van der Waals surface area contributed by atoms with Crippen LogP contribution in [0.1, 0.15) is 17.3 Å². The van der Waals surface area contributed by atoms with E-state index in [1.807, 2.05) is 0 Å². The van der Waals surface area contributed by atoms with Crippen LogP contribution in [0, 0.1) is 5.82 Å². The smallest absolute Gasteiger partial charge is 0.405 e. The van der Waals surface area contributed by atoms with Crippen LogP contribution in [0.25, 0.3) is 0 Å². The molecule has 1 aliphatic rings. The maximum Gasteiger partial charge on any atom is 0.405 e. The van der Waals surface area contributed by atoms with Crippen LogP contribution in [-0.4, -0.2) is 62.4 Å². The highest BCUT2D eigenvalue weighted by atomic mass is 35.5. The summed E-state index contributed by atoms with van der Waals surface area (Å²) < 4.78 is 58.8. The quantitative estimate of drug-likeness (QED) is 0.720. The summed E-state index contributed by atoms with van der Waals surface area (Å²) >= 11 is 0. The van der Waals surface area contributed by atoms with Crippen molar-refractivity contribution in [3.63, 3.8) is 0 Å². The Morgan fingerprint density at radius 1 is 1.35 bits per heavy atom. The third kappa shape index (κ3) is 5.72. The van der Waals surface area contributed by atoms with Gasteiger partial charge >= 0.3 is 6.18 Å². The highest BCUT2D eigenvalue weighted by Crippen LogP contribution is 2.26. The predicted octanol–water partition coefficient (Wildman–Crippen LogP) is 2.21. The molecule has 0 bridgehead atoms. The first-order valence-corrected chi connectivity index (χ1v) is 8.05. The van der Waals surface area contributed by atoms with Crippen LogP contribution in [0.15, 0.2) is 18.2 Å². The van der Waals surface area contributed by atoms with Gasteiger partial charge in [0.1, 0.15) is 6.04 Å². The molecular weight excluding hydrogens is 378 g/mol. The Bertz CT molecular complexity index is 595. The molecule has 1 saturated heterocycles. The Hall–Kier alpha value is -1.58. The van der Waals surface area contributed by atoms with Gasteiger partial charge in [0.25, 0.3) is 5.91 Å². The Morgan fingerprint density at radius 2 is 2.00 bits per heavy atom. The number of hydrogen-bond donors (Lipinski definition) is 2. The molecule has 2 N–H and O–H groups in total. The van der Waals surface area contributed by atoms with Crippen LogP contribution in [0.4, 0.5) is 17.6 Å². The first-order valence-electron chi connectivity index (χ1n) is 8.05. The lowest BCUT2D eigenvalue weighted by Gasteiger charge is -2.35. The zero-order chi connectivity index (χ0) is 18.4. The van der Waals surface area contributed by atoms with Crippen molar-refractivity contribution in [1.82, 2.24) is 15.5 Å². The molecule has 5 nitrogen and oxygen atoms in total. The van der Waals surface area contributed by atoms with E-state index in [1.165, 1.54) is 17.0 Å². The first kappa shape index (κ1) is 22.5. The lowest BCUT2D eigenvalue weighted by atomic mass is 10.1. The monoisotopic (exact) mass is 399 g/mol. The minimum absolute atomic E-state index is 0. The molecule has 26 heavy (non-hydrogen) atoms. The Morgan fingerprint density at radius 3 is 2.58 bits per heavy atom. The number of halogens is 5. The highest BCUT2D eigenvalue weighted by molar-refractivity contribution is 5.97. The lowest BCUT2D eigenvalue weighted by Crippen LogP contribution is -2.57. The Balaban J connectivity index is 0.00000338. The normalized spacial score (nSPS) is 16.5. The third-order valence-electron chi connectivity index (χ3n) is 3.93. The highest BCUT2D eigenvalue weighted by Gasteiger charge is 2.43. The number of hydrogen-bond acceptors (Lipinski definition) is 4. The van der Waals surface area contributed by atoms with Gasteiger partial charge in [-0.05, 0) is 19.1 Å². The van der Waals surface area contributed by atoms with Crippen LogP contribution in [-0.2, 0) is 0 Å². The van der Waals surface area contributed by atoms with E-state index in [4.69, 9.17) is 4.74 Å². The van der Waals surface area contributed by atoms with Crippen LogP contribution >= 0.6 is 12.4 Å². The fourth-order valence-electron chi connectivity index (χ4n) is 2.71. The Labute approximate surface area is 155 Å². The van der Waals surface area contributed by atoms with Crippen molar-refractivity contribution in [2.45, 2.75) is 19.1 Å². The van der Waals surface area contributed by atoms with Gasteiger partial charge < -0.3 is 15.4 Å². The van der Waals surface area contributed by atoms with Gasteiger partial charge in [-0.25, -0.2) is 4.39 Å². The molecule has 10 heteroatoms. The summed E-state index contributed by atoms with van der Waals surface area (Å²) in [5, 5.41) is 5.25. The molecule has 1 atom stereocenters. The maximum atomic E-state index is 13.8. The summed E-state index contributed by atoms with van der Waals surface area (Å²) in [5.74, 6) is -1.79. The number of para-hydroxylation sites is 1. The molecule has 2 rings (SSSR count). The van der Waals surface area contributed by atoms with Crippen LogP contribution in [0.5, 0.6) is 5.75 Å². The standard InChI is InChI=1S/C16H21F4N3O2.ClH/c1-2-25-14-11(4-3-5-12(14)17)15(24)22-10-13(16(18,19)20)23-8-6-21-7-9-23;/h3-5,13,21H,2,6-10H2,1H3,(H,22,24);1H. The maximum absolute atomic E-state index is 13.8. The van der Waals surface area contributed by atoms with Crippen LogP contribution in [0.2, 0.25) is 0 Å². The van der Waals surface area contributed by atoms with Gasteiger partial charge in [-0.3, -0.25) is 9.69 Å². The fourth-order valence-corrected chi connectivity index (χ4v) is 2.71. The fraction of sp³-hybridized carbons (Fsp3) is 0.562. The first-order chi connectivity index (χ1) is 11.8. The predicted molar refractivity (Wildman–Crippen MR) is 91.4 cm³/mol. The van der Waals surface area contributed by atoms with Crippen molar-refractivity contribution in [2.75, 3.05) is 39.3 Å². The lowest BCUT2D eigenvalue weighted by molar-refractivity contribution is -0.183. The molecule has 1 unspecified atom stereocenters. The van der Waals surface area contributed by atoms with Gasteiger partial charge in [0, 0.05) is 32.7 Å². The summed E-state index contributed by atoms with van der Waals surface area (Å²) in [4.78, 5) is 13.5. The third-order valence-corrected chi connectivity index (χ3v) is 3.93. The number of alkyl halides is 3. The number of nitrogens with zero attached hydrogens (tertiary/aromatic N) is 1. The zero-order valence-electron chi connectivity index (χ0n) is 14.2. The summed E-state index contributed by atoms with van der Waals surface area (Å²) in [7, 11) is 0. The van der Waals surface area contributed by atoms with Gasteiger partial charge in [-0.2, -0.15) is 13.2 Å². The van der Waals surface area contributed by atoms with E-state index in [9.17, 15) is 22.4 Å². The number of carbonyl (C=O) groups excluding carboxylic acids is 1. The zero-order valence-corrected chi connectivity index (χ0v) is 15.1. The van der Waals surface area contributed by atoms with Gasteiger partial charge in [0.2, 0.25) is 0 Å². The van der Waals surface area contributed by atoms with Gasteiger partial charge in [0.05, 0.1) is 12.2 Å². The molecule has 148 valence electrons. The molecule has 1 aliphatic heterocycles. The summed E-state index contributed by atoms with van der Waals surface area (Å²) in [6.07, 6.45) is -4.48. The number of nitrogens with one attached hydrogen (secondary N) is 2. The molecule has 0 radical (unpaired) electrons. The number of amides is 1. The minimum Gasteiger partial charge on any atom is -0.490 e.